The molecule has 1 N–H and O–H groups in total. The average Bonchev–Trinajstić information content (AvgIpc) is 2.51. The summed E-state index contributed by atoms with van der Waals surface area (Å²) in [6.45, 7) is 5.56. The largest absolute Gasteiger partial charge is 0.486 e. The zero-order valence-electron chi connectivity index (χ0n) is 12.6. The summed E-state index contributed by atoms with van der Waals surface area (Å²) in [6.07, 6.45) is 0.841. The van der Waals surface area contributed by atoms with Gasteiger partial charge in [0.05, 0.1) is 0 Å². The molecule has 3 rings (SSSR count). The summed E-state index contributed by atoms with van der Waals surface area (Å²) in [5.74, 6) is 1.71. The van der Waals surface area contributed by atoms with Crippen LogP contribution in [-0.4, -0.2) is 67.5 Å². The molecule has 5 nitrogen and oxygen atoms in total. The molecule has 2 aliphatic heterocycles. The molecule has 0 amide bonds. The van der Waals surface area contributed by atoms with Crippen LogP contribution in [0.25, 0.3) is 0 Å². The maximum atomic E-state index is 9.17. The van der Waals surface area contributed by atoms with Crippen molar-refractivity contribution in [1.29, 1.82) is 0 Å². The van der Waals surface area contributed by atoms with E-state index in [0.717, 1.165) is 44.1 Å². The summed E-state index contributed by atoms with van der Waals surface area (Å²) < 4.78 is 11.2. The van der Waals surface area contributed by atoms with E-state index in [2.05, 4.69) is 29.0 Å². The van der Waals surface area contributed by atoms with Crippen molar-refractivity contribution in [3.63, 3.8) is 0 Å². The molecule has 0 aromatic heterocycles. The minimum atomic E-state index is 0.257. The van der Waals surface area contributed by atoms with Crippen LogP contribution in [0.1, 0.15) is 12.0 Å². The number of aliphatic hydroxyl groups is 1. The number of aliphatic hydroxyl groups excluding tert-OH is 1. The summed E-state index contributed by atoms with van der Waals surface area (Å²) >= 11 is 0. The van der Waals surface area contributed by atoms with Gasteiger partial charge in [-0.25, -0.2) is 0 Å². The number of hydrogen-bond acceptors (Lipinski definition) is 5. The predicted octanol–water partition coefficient (Wildman–Crippen LogP) is 0.956. The first-order chi connectivity index (χ1) is 10.3. The topological polar surface area (TPSA) is 45.2 Å². The Bertz CT molecular complexity index is 481. The van der Waals surface area contributed by atoms with Crippen LogP contribution in [0.2, 0.25) is 0 Å². The highest BCUT2D eigenvalue weighted by molar-refractivity contribution is 5.43. The quantitative estimate of drug-likeness (QED) is 0.895. The first-order valence-electron chi connectivity index (χ1n) is 7.68. The molecule has 0 bridgehead atoms. The summed E-state index contributed by atoms with van der Waals surface area (Å²) in [7, 11) is 2.14. The Morgan fingerprint density at radius 3 is 2.81 bits per heavy atom. The number of rotatable bonds is 4. The highest BCUT2D eigenvalue weighted by Crippen LogP contribution is 2.31. The van der Waals surface area contributed by atoms with Crippen molar-refractivity contribution in [2.24, 2.45) is 0 Å². The van der Waals surface area contributed by atoms with E-state index in [1.807, 2.05) is 6.07 Å². The summed E-state index contributed by atoms with van der Waals surface area (Å²) in [4.78, 5) is 4.79. The minimum Gasteiger partial charge on any atom is -0.486 e. The van der Waals surface area contributed by atoms with Gasteiger partial charge in [0.25, 0.3) is 0 Å². The maximum Gasteiger partial charge on any atom is 0.161 e. The molecule has 2 aliphatic rings. The molecule has 116 valence electrons. The molecule has 21 heavy (non-hydrogen) atoms. The molecule has 0 spiro atoms. The lowest BCUT2D eigenvalue weighted by Gasteiger charge is -2.39. The molecule has 5 heteroatoms. The van der Waals surface area contributed by atoms with Gasteiger partial charge in [0.1, 0.15) is 13.2 Å². The van der Waals surface area contributed by atoms with Crippen LogP contribution in [-0.2, 0) is 6.54 Å². The smallest absolute Gasteiger partial charge is 0.161 e. The number of ether oxygens (including phenoxy) is 2. The predicted molar refractivity (Wildman–Crippen MR) is 80.8 cm³/mol. The second-order valence-electron chi connectivity index (χ2n) is 5.86. The molecule has 1 aromatic carbocycles. The molecule has 0 aliphatic carbocycles. The van der Waals surface area contributed by atoms with E-state index in [4.69, 9.17) is 14.6 Å². The van der Waals surface area contributed by atoms with Crippen LogP contribution in [0.4, 0.5) is 0 Å². The number of piperazine rings is 1. The lowest BCUT2D eigenvalue weighted by molar-refractivity contribution is 0.0742. The van der Waals surface area contributed by atoms with Gasteiger partial charge in [0.15, 0.2) is 11.5 Å². The molecule has 0 radical (unpaired) electrons. The Morgan fingerprint density at radius 2 is 2.00 bits per heavy atom. The van der Waals surface area contributed by atoms with Crippen LogP contribution in [0.15, 0.2) is 18.2 Å². The third-order valence-electron chi connectivity index (χ3n) is 4.34. The van der Waals surface area contributed by atoms with E-state index >= 15 is 0 Å². The lowest BCUT2D eigenvalue weighted by Crippen LogP contribution is -2.51. The number of benzene rings is 1. The fourth-order valence-electron chi connectivity index (χ4n) is 3.06. The molecule has 1 saturated heterocycles. The SMILES string of the molecule is CN1CCN(Cc2ccc3c(c2)OCCO3)C[C@@H]1CCO. The number of likely N-dealkylation sites (N-methyl/N-ethyl adjacent to an activating group) is 1. The van der Waals surface area contributed by atoms with Crippen molar-refractivity contribution in [2.75, 3.05) is 46.5 Å². The lowest BCUT2D eigenvalue weighted by atomic mass is 10.1. The Hall–Kier alpha value is -1.30. The van der Waals surface area contributed by atoms with Crippen molar-refractivity contribution >= 4 is 0 Å². The second kappa shape index (κ2) is 6.64. The van der Waals surface area contributed by atoms with Gasteiger partial charge < -0.3 is 19.5 Å². The first kappa shape index (κ1) is 14.6. The maximum absolute atomic E-state index is 9.17. The molecule has 2 heterocycles. The first-order valence-corrected chi connectivity index (χ1v) is 7.68. The van der Waals surface area contributed by atoms with Gasteiger partial charge in [-0.3, -0.25) is 4.90 Å². The Kier molecular flexibility index (Phi) is 4.63. The zero-order valence-corrected chi connectivity index (χ0v) is 12.6. The normalized spacial score (nSPS) is 23.2. The van der Waals surface area contributed by atoms with Crippen LogP contribution in [0.5, 0.6) is 11.5 Å². The fraction of sp³-hybridized carbons (Fsp3) is 0.625. The molecular formula is C16H24N2O3. The Labute approximate surface area is 126 Å². The summed E-state index contributed by atoms with van der Waals surface area (Å²) in [5.41, 5.74) is 1.26. The van der Waals surface area contributed by atoms with Crippen molar-refractivity contribution < 1.29 is 14.6 Å². The summed E-state index contributed by atoms with van der Waals surface area (Å²) in [6, 6.07) is 6.66. The van der Waals surface area contributed by atoms with Crippen LogP contribution in [0.3, 0.4) is 0 Å². The molecule has 1 fully saturated rings. The van der Waals surface area contributed by atoms with Gasteiger partial charge in [-0.2, -0.15) is 0 Å². The van der Waals surface area contributed by atoms with Crippen molar-refractivity contribution in [3.05, 3.63) is 23.8 Å². The molecule has 1 aromatic rings. The molecular weight excluding hydrogens is 268 g/mol. The Morgan fingerprint density at radius 1 is 1.19 bits per heavy atom. The van der Waals surface area contributed by atoms with E-state index in [1.54, 1.807) is 0 Å². The van der Waals surface area contributed by atoms with E-state index in [9.17, 15) is 0 Å². The summed E-state index contributed by atoms with van der Waals surface area (Å²) in [5, 5.41) is 9.17. The van der Waals surface area contributed by atoms with Gasteiger partial charge in [-0.05, 0) is 31.2 Å². The van der Waals surface area contributed by atoms with Gasteiger partial charge in [-0.15, -0.1) is 0 Å². The third kappa shape index (κ3) is 3.48. The average molecular weight is 292 g/mol. The van der Waals surface area contributed by atoms with Crippen LogP contribution in [0, 0.1) is 0 Å². The Balaban J connectivity index is 1.63. The van der Waals surface area contributed by atoms with Gasteiger partial charge >= 0.3 is 0 Å². The standard InChI is InChI=1S/C16H24N2O3/c1-17-5-6-18(12-14(17)4-7-19)11-13-2-3-15-16(10-13)21-9-8-20-15/h2-3,10,14,19H,4-9,11-12H2,1H3/t14-/m0/s1. The van der Waals surface area contributed by atoms with Crippen molar-refractivity contribution in [2.45, 2.75) is 19.0 Å². The number of nitrogens with zero attached hydrogens (tertiary/aromatic N) is 2. The van der Waals surface area contributed by atoms with Crippen molar-refractivity contribution in [3.8, 4) is 11.5 Å². The molecule has 0 unspecified atom stereocenters. The van der Waals surface area contributed by atoms with Gasteiger partial charge in [0, 0.05) is 38.8 Å². The minimum absolute atomic E-state index is 0.257. The number of fused-ring (bicyclic) bond motifs is 1. The fourth-order valence-corrected chi connectivity index (χ4v) is 3.06. The van der Waals surface area contributed by atoms with E-state index < -0.39 is 0 Å². The van der Waals surface area contributed by atoms with Crippen LogP contribution < -0.4 is 9.47 Å². The van der Waals surface area contributed by atoms with Crippen LogP contribution >= 0.6 is 0 Å². The second-order valence-corrected chi connectivity index (χ2v) is 5.86. The molecule has 1 atom stereocenters. The van der Waals surface area contributed by atoms with E-state index in [1.165, 1.54) is 5.56 Å². The number of hydrogen-bond donors (Lipinski definition) is 1. The monoisotopic (exact) mass is 292 g/mol. The molecule has 0 saturated carbocycles. The van der Waals surface area contributed by atoms with Crippen molar-refractivity contribution in [1.82, 2.24) is 9.80 Å². The van der Waals surface area contributed by atoms with E-state index in [-0.39, 0.29) is 6.61 Å². The van der Waals surface area contributed by atoms with Gasteiger partial charge in [-0.1, -0.05) is 6.07 Å². The van der Waals surface area contributed by atoms with Gasteiger partial charge in [0.2, 0.25) is 0 Å². The van der Waals surface area contributed by atoms with E-state index in [0.29, 0.717) is 19.3 Å². The highest BCUT2D eigenvalue weighted by atomic mass is 16.6. The highest BCUT2D eigenvalue weighted by Gasteiger charge is 2.24. The third-order valence-corrected chi connectivity index (χ3v) is 4.34. The zero-order chi connectivity index (χ0) is 14.7.